The van der Waals surface area contributed by atoms with E-state index in [0.717, 1.165) is 18.5 Å². The van der Waals surface area contributed by atoms with E-state index in [4.69, 9.17) is 10.5 Å². The van der Waals surface area contributed by atoms with Crippen LogP contribution in [0.2, 0.25) is 0 Å². The number of anilines is 2. The zero-order valence-electron chi connectivity index (χ0n) is 12.6. The highest BCUT2D eigenvalue weighted by molar-refractivity contribution is 6.04. The van der Waals surface area contributed by atoms with E-state index in [1.165, 1.54) is 0 Å². The summed E-state index contributed by atoms with van der Waals surface area (Å²) < 4.78 is 7.17. The largest absolute Gasteiger partial charge is 0.495 e. The van der Waals surface area contributed by atoms with Crippen molar-refractivity contribution in [1.82, 2.24) is 4.57 Å². The average Bonchev–Trinajstić information content (AvgIpc) is 2.82. The van der Waals surface area contributed by atoms with Gasteiger partial charge in [0.05, 0.1) is 18.5 Å². The van der Waals surface area contributed by atoms with Gasteiger partial charge in [-0.2, -0.15) is 0 Å². The maximum atomic E-state index is 12.4. The van der Waals surface area contributed by atoms with Crippen molar-refractivity contribution < 1.29 is 9.53 Å². The molecule has 1 aromatic carbocycles. The Labute approximate surface area is 124 Å². The molecular weight excluding hydrogens is 266 g/mol. The van der Waals surface area contributed by atoms with E-state index < -0.39 is 0 Å². The van der Waals surface area contributed by atoms with E-state index in [9.17, 15) is 4.79 Å². The molecule has 0 unspecified atom stereocenters. The Morgan fingerprint density at radius 3 is 2.81 bits per heavy atom. The Hall–Kier alpha value is -2.43. The predicted molar refractivity (Wildman–Crippen MR) is 84.8 cm³/mol. The molecule has 5 nitrogen and oxygen atoms in total. The van der Waals surface area contributed by atoms with Gasteiger partial charge in [0, 0.05) is 12.7 Å². The number of aromatic nitrogens is 1. The average molecular weight is 287 g/mol. The topological polar surface area (TPSA) is 69.3 Å². The van der Waals surface area contributed by atoms with E-state index in [0.29, 0.717) is 22.8 Å². The van der Waals surface area contributed by atoms with Crippen LogP contribution in [0.25, 0.3) is 0 Å². The monoisotopic (exact) mass is 287 g/mol. The highest BCUT2D eigenvalue weighted by atomic mass is 16.5. The summed E-state index contributed by atoms with van der Waals surface area (Å²) in [7, 11) is 1.59. The Morgan fingerprint density at radius 2 is 2.14 bits per heavy atom. The van der Waals surface area contributed by atoms with Gasteiger partial charge in [-0.3, -0.25) is 4.79 Å². The molecule has 0 saturated heterocycles. The van der Waals surface area contributed by atoms with Crippen LogP contribution in [0.3, 0.4) is 0 Å². The maximum Gasteiger partial charge on any atom is 0.272 e. The third-order valence-electron chi connectivity index (χ3n) is 3.22. The first-order valence-electron chi connectivity index (χ1n) is 6.96. The van der Waals surface area contributed by atoms with Crippen molar-refractivity contribution in [2.45, 2.75) is 26.8 Å². The number of hydrogen-bond acceptors (Lipinski definition) is 3. The lowest BCUT2D eigenvalue weighted by molar-refractivity contribution is 0.101. The number of amides is 1. The number of aryl methyl sites for hydroxylation is 2. The van der Waals surface area contributed by atoms with Crippen LogP contribution in [0.15, 0.2) is 30.5 Å². The smallest absolute Gasteiger partial charge is 0.272 e. The summed E-state index contributed by atoms with van der Waals surface area (Å²) in [5.74, 6) is 0.451. The molecule has 0 atom stereocenters. The van der Waals surface area contributed by atoms with Crippen molar-refractivity contribution in [1.29, 1.82) is 0 Å². The number of carbonyl (C=O) groups is 1. The summed E-state index contributed by atoms with van der Waals surface area (Å²) in [6, 6.07) is 7.33. The Balaban J connectivity index is 2.26. The SMILES string of the molecule is CCCn1cc(N)cc1C(=O)Nc1ccc(C)cc1OC. The summed E-state index contributed by atoms with van der Waals surface area (Å²) in [4.78, 5) is 12.4. The number of ether oxygens (including phenoxy) is 1. The van der Waals surface area contributed by atoms with Gasteiger partial charge < -0.3 is 20.4 Å². The third kappa shape index (κ3) is 3.37. The number of hydrogen-bond donors (Lipinski definition) is 2. The molecule has 0 radical (unpaired) electrons. The molecule has 0 bridgehead atoms. The van der Waals surface area contributed by atoms with E-state index in [1.54, 1.807) is 19.4 Å². The van der Waals surface area contributed by atoms with E-state index in [-0.39, 0.29) is 5.91 Å². The minimum Gasteiger partial charge on any atom is -0.495 e. The second-order valence-corrected chi connectivity index (χ2v) is 5.01. The number of nitrogens with two attached hydrogens (primary N) is 1. The summed E-state index contributed by atoms with van der Waals surface area (Å²) >= 11 is 0. The molecule has 112 valence electrons. The van der Waals surface area contributed by atoms with Gasteiger partial charge >= 0.3 is 0 Å². The number of nitrogens with zero attached hydrogens (tertiary/aromatic N) is 1. The number of methoxy groups -OCH3 is 1. The number of benzene rings is 1. The second-order valence-electron chi connectivity index (χ2n) is 5.01. The molecule has 0 aliphatic rings. The first-order valence-corrected chi connectivity index (χ1v) is 6.96. The minimum absolute atomic E-state index is 0.192. The molecule has 0 fully saturated rings. The fourth-order valence-electron chi connectivity index (χ4n) is 2.24. The van der Waals surface area contributed by atoms with Crippen LogP contribution >= 0.6 is 0 Å². The molecular formula is C16H21N3O2. The molecule has 1 amide bonds. The highest BCUT2D eigenvalue weighted by Gasteiger charge is 2.14. The van der Waals surface area contributed by atoms with Gasteiger partial charge in [0.2, 0.25) is 0 Å². The van der Waals surface area contributed by atoms with Crippen LogP contribution in [0.5, 0.6) is 5.75 Å². The summed E-state index contributed by atoms with van der Waals surface area (Å²) in [5, 5.41) is 2.88. The lowest BCUT2D eigenvalue weighted by Gasteiger charge is -2.12. The van der Waals surface area contributed by atoms with Crippen LogP contribution in [-0.4, -0.2) is 17.6 Å². The van der Waals surface area contributed by atoms with Crippen LogP contribution in [0.4, 0.5) is 11.4 Å². The van der Waals surface area contributed by atoms with Gasteiger partial charge in [-0.1, -0.05) is 13.0 Å². The Morgan fingerprint density at radius 1 is 1.38 bits per heavy atom. The fourth-order valence-corrected chi connectivity index (χ4v) is 2.24. The Kier molecular flexibility index (Phi) is 4.52. The number of carbonyl (C=O) groups excluding carboxylic acids is 1. The molecule has 2 rings (SSSR count). The highest BCUT2D eigenvalue weighted by Crippen LogP contribution is 2.26. The van der Waals surface area contributed by atoms with Crippen LogP contribution in [0, 0.1) is 6.92 Å². The molecule has 0 spiro atoms. The standard InChI is InChI=1S/C16H21N3O2/c1-4-7-19-10-12(17)9-14(19)16(20)18-13-6-5-11(2)8-15(13)21-3/h5-6,8-10H,4,7,17H2,1-3H3,(H,18,20). The number of nitrogens with one attached hydrogen (secondary N) is 1. The molecule has 1 aromatic heterocycles. The second kappa shape index (κ2) is 6.35. The number of rotatable bonds is 5. The van der Waals surface area contributed by atoms with Gasteiger partial charge in [0.15, 0.2) is 0 Å². The van der Waals surface area contributed by atoms with Crippen molar-refractivity contribution in [2.75, 3.05) is 18.2 Å². The van der Waals surface area contributed by atoms with E-state index in [2.05, 4.69) is 12.2 Å². The molecule has 1 heterocycles. The van der Waals surface area contributed by atoms with Crippen LogP contribution < -0.4 is 15.8 Å². The first-order chi connectivity index (χ1) is 10.0. The molecule has 0 aliphatic heterocycles. The molecule has 0 saturated carbocycles. The zero-order valence-corrected chi connectivity index (χ0v) is 12.6. The lowest BCUT2D eigenvalue weighted by Crippen LogP contribution is -2.17. The normalized spacial score (nSPS) is 10.4. The number of nitrogen functional groups attached to an aromatic ring is 1. The predicted octanol–water partition coefficient (Wildman–Crippen LogP) is 3.05. The summed E-state index contributed by atoms with van der Waals surface area (Å²) in [6.07, 6.45) is 2.72. The molecule has 2 aromatic rings. The molecule has 0 aliphatic carbocycles. The van der Waals surface area contributed by atoms with Gasteiger partial charge in [0.25, 0.3) is 5.91 Å². The molecule has 3 N–H and O–H groups in total. The minimum atomic E-state index is -0.192. The Bertz CT molecular complexity index is 647. The first kappa shape index (κ1) is 15.0. The quantitative estimate of drug-likeness (QED) is 0.888. The van der Waals surface area contributed by atoms with Gasteiger partial charge in [0.1, 0.15) is 11.4 Å². The van der Waals surface area contributed by atoms with Crippen molar-refractivity contribution in [3.63, 3.8) is 0 Å². The van der Waals surface area contributed by atoms with Crippen molar-refractivity contribution >= 4 is 17.3 Å². The van der Waals surface area contributed by atoms with Gasteiger partial charge in [-0.05, 0) is 37.1 Å². The summed E-state index contributed by atoms with van der Waals surface area (Å²) in [5.41, 5.74) is 8.65. The van der Waals surface area contributed by atoms with Crippen molar-refractivity contribution in [3.05, 3.63) is 41.7 Å². The molecule has 21 heavy (non-hydrogen) atoms. The van der Waals surface area contributed by atoms with Gasteiger partial charge in [-0.25, -0.2) is 0 Å². The maximum absolute atomic E-state index is 12.4. The van der Waals surface area contributed by atoms with Crippen LogP contribution in [0.1, 0.15) is 29.4 Å². The molecule has 5 heteroatoms. The third-order valence-corrected chi connectivity index (χ3v) is 3.22. The van der Waals surface area contributed by atoms with E-state index >= 15 is 0 Å². The fraction of sp³-hybridized carbons (Fsp3) is 0.312. The summed E-state index contributed by atoms with van der Waals surface area (Å²) in [6.45, 7) is 4.78. The van der Waals surface area contributed by atoms with E-state index in [1.807, 2.05) is 29.7 Å². The van der Waals surface area contributed by atoms with Gasteiger partial charge in [-0.15, -0.1) is 0 Å². The zero-order chi connectivity index (χ0) is 15.4. The van der Waals surface area contributed by atoms with Crippen molar-refractivity contribution in [3.8, 4) is 5.75 Å². The van der Waals surface area contributed by atoms with Crippen LogP contribution in [-0.2, 0) is 6.54 Å². The van der Waals surface area contributed by atoms with Crippen molar-refractivity contribution in [2.24, 2.45) is 0 Å². The lowest BCUT2D eigenvalue weighted by atomic mass is 10.2.